The smallest absolute Gasteiger partial charge is 0.400 e. The normalized spacial score (nSPS) is 33.2. The van der Waals surface area contributed by atoms with Gasteiger partial charge in [-0.25, -0.2) is 0 Å². The van der Waals surface area contributed by atoms with Crippen LogP contribution in [0.4, 0.5) is 8.78 Å². The average molecular weight is 531 g/mol. The van der Waals surface area contributed by atoms with E-state index in [0.29, 0.717) is 55.0 Å². The van der Waals surface area contributed by atoms with Crippen LogP contribution < -0.4 is 4.74 Å². The molecule has 1 aromatic rings. The fourth-order valence-corrected chi connectivity index (χ4v) is 8.09. The summed E-state index contributed by atoms with van der Waals surface area (Å²) < 4.78 is 35.4. The zero-order valence-electron chi connectivity index (χ0n) is 24.2. The molecule has 1 aromatic carbocycles. The van der Waals surface area contributed by atoms with Crippen molar-refractivity contribution in [3.05, 3.63) is 29.8 Å². The maximum atomic E-state index is 15.0. The van der Waals surface area contributed by atoms with Gasteiger partial charge in [0.2, 0.25) is 0 Å². The molecule has 4 saturated carbocycles. The van der Waals surface area contributed by atoms with E-state index in [1.807, 2.05) is 26.0 Å². The van der Waals surface area contributed by atoms with Gasteiger partial charge in [0.25, 0.3) is 0 Å². The van der Waals surface area contributed by atoms with E-state index in [2.05, 4.69) is 6.92 Å². The van der Waals surface area contributed by atoms with Crippen molar-refractivity contribution in [1.29, 1.82) is 0 Å². The van der Waals surface area contributed by atoms with Crippen LogP contribution in [0.5, 0.6) is 5.75 Å². The molecule has 214 valence electrons. The number of ether oxygens (including phenoxy) is 1. The van der Waals surface area contributed by atoms with Crippen molar-refractivity contribution in [2.45, 2.75) is 136 Å². The van der Waals surface area contributed by atoms with Crippen molar-refractivity contribution < 1.29 is 18.3 Å². The van der Waals surface area contributed by atoms with Crippen molar-refractivity contribution >= 4 is 5.78 Å². The van der Waals surface area contributed by atoms with Crippen LogP contribution in [0, 0.1) is 35.5 Å². The predicted octanol–water partition coefficient (Wildman–Crippen LogP) is 10.4. The van der Waals surface area contributed by atoms with Crippen molar-refractivity contribution in [1.82, 2.24) is 0 Å². The number of rotatable bonds is 6. The second kappa shape index (κ2) is 13.8. The highest BCUT2D eigenvalue weighted by molar-refractivity contribution is 5.79. The Morgan fingerprint density at radius 3 is 1.63 bits per heavy atom. The van der Waals surface area contributed by atoms with Gasteiger partial charge < -0.3 is 4.74 Å². The van der Waals surface area contributed by atoms with Crippen LogP contribution in [-0.2, 0) is 4.79 Å². The number of halogens is 2. The zero-order valence-corrected chi connectivity index (χ0v) is 24.2. The van der Waals surface area contributed by atoms with Crippen LogP contribution in [0.1, 0.15) is 135 Å². The minimum Gasteiger partial charge on any atom is -0.432 e. The lowest BCUT2D eigenvalue weighted by Crippen LogP contribution is -2.38. The Hall–Kier alpha value is -1.45. The lowest BCUT2D eigenvalue weighted by atomic mass is 9.68. The van der Waals surface area contributed by atoms with Gasteiger partial charge in [0.05, 0.1) is 5.92 Å². The summed E-state index contributed by atoms with van der Waals surface area (Å²) in [5.41, 5.74) is 1.29. The lowest BCUT2D eigenvalue weighted by molar-refractivity contribution is -0.224. The Balaban J connectivity index is 0.00000164. The first-order chi connectivity index (χ1) is 18.4. The van der Waals surface area contributed by atoms with E-state index in [1.54, 1.807) is 12.1 Å². The number of benzene rings is 1. The molecule has 0 atom stereocenters. The maximum Gasteiger partial charge on any atom is 0.400 e. The number of hydrogen-bond acceptors (Lipinski definition) is 2. The highest BCUT2D eigenvalue weighted by atomic mass is 19.3. The van der Waals surface area contributed by atoms with Gasteiger partial charge in [0, 0.05) is 12.8 Å². The third-order valence-electron chi connectivity index (χ3n) is 10.6. The van der Waals surface area contributed by atoms with Gasteiger partial charge in [-0.1, -0.05) is 45.7 Å². The number of Topliss-reactive ketones (excluding diaryl/α,β-unsaturated/α-hetero) is 1. The SMILES string of the molecule is CC.CC1CCC(C2CCC(c3ccc(OC(F)(F)C4CCC(C5CCC(=O)CC5)CC4)cc3)CC2)CC1. The fourth-order valence-electron chi connectivity index (χ4n) is 8.09. The van der Waals surface area contributed by atoms with Gasteiger partial charge in [-0.2, -0.15) is 8.78 Å². The third-order valence-corrected chi connectivity index (χ3v) is 10.6. The van der Waals surface area contributed by atoms with Crippen molar-refractivity contribution in [2.75, 3.05) is 0 Å². The largest absolute Gasteiger partial charge is 0.432 e. The number of hydrogen-bond donors (Lipinski definition) is 0. The van der Waals surface area contributed by atoms with Crippen molar-refractivity contribution in [3.8, 4) is 5.75 Å². The summed E-state index contributed by atoms with van der Waals surface area (Å²) in [6.07, 6.45) is 13.6. The monoisotopic (exact) mass is 530 g/mol. The standard InChI is InChI=1S/C32H46F2O2.C2H6/c1-22-2-4-23(5-3-22)24-6-8-25(9-7-24)28-14-20-31(21-15-28)36-32(33,34)29-16-10-26(11-17-29)27-12-18-30(35)19-13-27;1-2/h14-15,20-27,29H,2-13,16-19H2,1H3;1-2H3. The van der Waals surface area contributed by atoms with E-state index in [4.69, 9.17) is 4.74 Å². The molecule has 38 heavy (non-hydrogen) atoms. The van der Waals surface area contributed by atoms with E-state index in [9.17, 15) is 4.79 Å². The lowest BCUT2D eigenvalue weighted by Gasteiger charge is -2.38. The molecule has 0 aliphatic heterocycles. The van der Waals surface area contributed by atoms with Crippen LogP contribution in [0.3, 0.4) is 0 Å². The maximum absolute atomic E-state index is 15.0. The van der Waals surface area contributed by atoms with Crippen molar-refractivity contribution in [3.63, 3.8) is 0 Å². The number of alkyl halides is 2. The van der Waals surface area contributed by atoms with Gasteiger partial charge in [0.15, 0.2) is 0 Å². The Kier molecular flexibility index (Phi) is 10.7. The van der Waals surface area contributed by atoms with E-state index in [-0.39, 0.29) is 0 Å². The first-order valence-corrected chi connectivity index (χ1v) is 16.1. The Bertz CT molecular complexity index is 832. The summed E-state index contributed by atoms with van der Waals surface area (Å²) in [7, 11) is 0. The van der Waals surface area contributed by atoms with Gasteiger partial charge in [-0.05, 0) is 130 Å². The van der Waals surface area contributed by atoms with Crippen LogP contribution >= 0.6 is 0 Å². The summed E-state index contributed by atoms with van der Waals surface area (Å²) in [5.74, 6) is 4.30. The van der Waals surface area contributed by atoms with Crippen LogP contribution in [0.15, 0.2) is 24.3 Å². The quantitative estimate of drug-likeness (QED) is 0.366. The van der Waals surface area contributed by atoms with Crippen LogP contribution in [0.2, 0.25) is 0 Å². The molecule has 4 aliphatic rings. The first-order valence-electron chi connectivity index (χ1n) is 16.1. The number of carbonyl (C=O) groups is 1. The summed E-state index contributed by atoms with van der Waals surface area (Å²) in [6, 6.07) is 7.59. The molecular formula is C34H52F2O2. The van der Waals surface area contributed by atoms with E-state index < -0.39 is 12.0 Å². The average Bonchev–Trinajstić information content (AvgIpc) is 2.95. The molecule has 0 aromatic heterocycles. The minimum absolute atomic E-state index is 0.293. The first kappa shape index (κ1) is 29.5. The molecule has 2 nitrogen and oxygen atoms in total. The highest BCUT2D eigenvalue weighted by Crippen LogP contribution is 2.46. The molecule has 0 radical (unpaired) electrons. The van der Waals surface area contributed by atoms with Crippen molar-refractivity contribution in [2.24, 2.45) is 35.5 Å². The van der Waals surface area contributed by atoms with E-state index in [0.717, 1.165) is 43.4 Å². The molecule has 4 fully saturated rings. The third kappa shape index (κ3) is 7.60. The second-order valence-electron chi connectivity index (χ2n) is 12.9. The predicted molar refractivity (Wildman–Crippen MR) is 152 cm³/mol. The molecule has 0 saturated heterocycles. The Labute approximate surface area is 230 Å². The van der Waals surface area contributed by atoms with E-state index >= 15 is 8.78 Å². The molecular weight excluding hydrogens is 478 g/mol. The molecule has 0 N–H and O–H groups in total. The molecule has 0 bridgehead atoms. The number of ketones is 1. The summed E-state index contributed by atoms with van der Waals surface area (Å²) in [4.78, 5) is 11.5. The van der Waals surface area contributed by atoms with Crippen LogP contribution in [0.25, 0.3) is 0 Å². The molecule has 5 rings (SSSR count). The molecule has 0 unspecified atom stereocenters. The highest BCUT2D eigenvalue weighted by Gasteiger charge is 2.45. The van der Waals surface area contributed by atoms with Gasteiger partial charge >= 0.3 is 6.11 Å². The van der Waals surface area contributed by atoms with Gasteiger partial charge in [-0.15, -0.1) is 0 Å². The fraction of sp³-hybridized carbons (Fsp3) is 0.794. The minimum atomic E-state index is -3.12. The van der Waals surface area contributed by atoms with Gasteiger partial charge in [0.1, 0.15) is 11.5 Å². The second-order valence-corrected chi connectivity index (χ2v) is 12.9. The molecule has 0 amide bonds. The van der Waals surface area contributed by atoms with Gasteiger partial charge in [-0.3, -0.25) is 4.79 Å². The summed E-state index contributed by atoms with van der Waals surface area (Å²) >= 11 is 0. The summed E-state index contributed by atoms with van der Waals surface area (Å²) in [6.45, 7) is 6.39. The molecule has 4 heteroatoms. The molecule has 0 spiro atoms. The zero-order chi connectivity index (χ0) is 27.1. The summed E-state index contributed by atoms with van der Waals surface area (Å²) in [5, 5.41) is 0. The Morgan fingerprint density at radius 2 is 1.11 bits per heavy atom. The topological polar surface area (TPSA) is 26.3 Å². The molecule has 4 aliphatic carbocycles. The van der Waals surface area contributed by atoms with Crippen LogP contribution in [-0.4, -0.2) is 11.9 Å². The Morgan fingerprint density at radius 1 is 0.658 bits per heavy atom. The molecule has 0 heterocycles. The van der Waals surface area contributed by atoms with E-state index in [1.165, 1.54) is 56.9 Å². The number of carbonyl (C=O) groups excluding carboxylic acids is 1.